The molecule has 0 aromatic carbocycles. The molecule has 0 bridgehead atoms. The molecule has 1 aromatic rings. The van der Waals surface area contributed by atoms with Crippen LogP contribution in [-0.4, -0.2) is 16.6 Å². The summed E-state index contributed by atoms with van der Waals surface area (Å²) in [5.41, 5.74) is 0.955. The molecule has 0 atom stereocenters. The molecule has 0 amide bonds. The monoisotopic (exact) mass is 166 g/mol. The van der Waals surface area contributed by atoms with E-state index in [2.05, 4.69) is 16.9 Å². The molecule has 66 valence electrons. The van der Waals surface area contributed by atoms with Gasteiger partial charge < -0.3 is 4.74 Å². The Hall–Kier alpha value is -0.960. The first-order chi connectivity index (χ1) is 5.83. The molecule has 0 aliphatic carbocycles. The second kappa shape index (κ2) is 4.83. The van der Waals surface area contributed by atoms with Crippen molar-refractivity contribution in [1.82, 2.24) is 9.97 Å². The normalized spacial score (nSPS) is 10.2. The predicted molar refractivity (Wildman–Crippen MR) is 46.7 cm³/mol. The number of hydrogen-bond donors (Lipinski definition) is 0. The Balaban J connectivity index is 2.41. The lowest BCUT2D eigenvalue weighted by atomic mass is 10.4. The molecule has 1 aromatic heterocycles. The summed E-state index contributed by atoms with van der Waals surface area (Å²) in [6, 6.07) is 1.88. The Labute approximate surface area is 72.8 Å². The van der Waals surface area contributed by atoms with E-state index in [1.807, 2.05) is 13.0 Å². The molecule has 0 N–H and O–H groups in total. The number of ether oxygens (including phenoxy) is 1. The first-order valence-corrected chi connectivity index (χ1v) is 4.19. The third-order valence-electron chi connectivity index (χ3n) is 1.43. The Morgan fingerprint density at radius 3 is 3.00 bits per heavy atom. The van der Waals surface area contributed by atoms with Crippen molar-refractivity contribution in [2.75, 3.05) is 6.61 Å². The van der Waals surface area contributed by atoms with Crippen LogP contribution in [0.4, 0.5) is 0 Å². The highest BCUT2D eigenvalue weighted by Gasteiger charge is 1.94. The van der Waals surface area contributed by atoms with Crippen LogP contribution in [0.3, 0.4) is 0 Å². The van der Waals surface area contributed by atoms with Crippen LogP contribution >= 0.6 is 0 Å². The molecule has 1 heterocycles. The van der Waals surface area contributed by atoms with Crippen LogP contribution in [0, 0.1) is 6.92 Å². The lowest BCUT2D eigenvalue weighted by molar-refractivity contribution is 0.118. The molecule has 0 spiro atoms. The highest BCUT2D eigenvalue weighted by atomic mass is 16.5. The number of aromatic nitrogens is 2. The zero-order chi connectivity index (χ0) is 8.81. The third-order valence-corrected chi connectivity index (χ3v) is 1.43. The van der Waals surface area contributed by atoms with Crippen molar-refractivity contribution in [2.45, 2.75) is 26.9 Å². The van der Waals surface area contributed by atoms with Crippen LogP contribution in [0.25, 0.3) is 0 Å². The standard InChI is InChI=1S/C9H14N2O/c1-3-6-12-7-9-4-5-10-8(2)11-9/h4-5H,3,6-7H2,1-2H3. The van der Waals surface area contributed by atoms with Crippen molar-refractivity contribution in [3.8, 4) is 0 Å². The maximum Gasteiger partial charge on any atom is 0.125 e. The van der Waals surface area contributed by atoms with Crippen molar-refractivity contribution in [2.24, 2.45) is 0 Å². The molecule has 0 saturated heterocycles. The lowest BCUT2D eigenvalue weighted by Crippen LogP contribution is -1.98. The maximum absolute atomic E-state index is 5.33. The van der Waals surface area contributed by atoms with Gasteiger partial charge in [-0.1, -0.05) is 6.92 Å². The lowest BCUT2D eigenvalue weighted by Gasteiger charge is -2.01. The van der Waals surface area contributed by atoms with E-state index in [9.17, 15) is 0 Å². The molecule has 1 rings (SSSR count). The molecule has 3 nitrogen and oxygen atoms in total. The summed E-state index contributed by atoms with van der Waals surface area (Å²) in [7, 11) is 0. The van der Waals surface area contributed by atoms with Gasteiger partial charge in [0.25, 0.3) is 0 Å². The van der Waals surface area contributed by atoms with Gasteiger partial charge in [0.15, 0.2) is 0 Å². The van der Waals surface area contributed by atoms with Gasteiger partial charge in [-0.3, -0.25) is 0 Å². The summed E-state index contributed by atoms with van der Waals surface area (Å²) in [5, 5.41) is 0. The minimum Gasteiger partial charge on any atom is -0.375 e. The van der Waals surface area contributed by atoms with E-state index in [0.717, 1.165) is 24.5 Å². The number of aryl methyl sites for hydroxylation is 1. The molecule has 0 aliphatic rings. The predicted octanol–water partition coefficient (Wildman–Crippen LogP) is 1.71. The average Bonchev–Trinajstić information content (AvgIpc) is 2.05. The summed E-state index contributed by atoms with van der Waals surface area (Å²) in [6.07, 6.45) is 2.80. The largest absolute Gasteiger partial charge is 0.375 e. The van der Waals surface area contributed by atoms with Gasteiger partial charge in [0.1, 0.15) is 5.82 Å². The van der Waals surface area contributed by atoms with E-state index >= 15 is 0 Å². The van der Waals surface area contributed by atoms with Crippen LogP contribution in [0.2, 0.25) is 0 Å². The van der Waals surface area contributed by atoms with Crippen LogP contribution in [0.5, 0.6) is 0 Å². The SMILES string of the molecule is CCCOCc1ccnc(C)n1. The minimum atomic E-state index is 0.594. The van der Waals surface area contributed by atoms with E-state index in [4.69, 9.17) is 4.74 Å². The number of rotatable bonds is 4. The molecular formula is C9H14N2O. The molecule has 3 heteroatoms. The highest BCUT2D eigenvalue weighted by Crippen LogP contribution is 1.97. The number of nitrogens with zero attached hydrogens (tertiary/aromatic N) is 2. The summed E-state index contributed by atoms with van der Waals surface area (Å²) >= 11 is 0. The van der Waals surface area contributed by atoms with E-state index in [1.165, 1.54) is 0 Å². The van der Waals surface area contributed by atoms with Crippen LogP contribution < -0.4 is 0 Å². The zero-order valence-electron chi connectivity index (χ0n) is 7.58. The average molecular weight is 166 g/mol. The van der Waals surface area contributed by atoms with Gasteiger partial charge in [-0.05, 0) is 19.4 Å². The Kier molecular flexibility index (Phi) is 3.67. The minimum absolute atomic E-state index is 0.594. The zero-order valence-corrected chi connectivity index (χ0v) is 7.58. The van der Waals surface area contributed by atoms with Crippen molar-refractivity contribution in [3.63, 3.8) is 0 Å². The quantitative estimate of drug-likeness (QED) is 0.639. The van der Waals surface area contributed by atoms with Crippen LogP contribution in [0.15, 0.2) is 12.3 Å². The Bertz CT molecular complexity index is 238. The fourth-order valence-corrected chi connectivity index (χ4v) is 0.907. The van der Waals surface area contributed by atoms with Gasteiger partial charge in [0.05, 0.1) is 12.3 Å². The highest BCUT2D eigenvalue weighted by molar-refractivity contribution is 4.99. The molecule has 12 heavy (non-hydrogen) atoms. The van der Waals surface area contributed by atoms with Gasteiger partial charge in [-0.15, -0.1) is 0 Å². The molecular weight excluding hydrogens is 152 g/mol. The van der Waals surface area contributed by atoms with Crippen LogP contribution in [0.1, 0.15) is 24.9 Å². The second-order valence-corrected chi connectivity index (χ2v) is 2.65. The molecule has 0 radical (unpaired) electrons. The third kappa shape index (κ3) is 2.96. The van der Waals surface area contributed by atoms with Gasteiger partial charge in [0.2, 0.25) is 0 Å². The summed E-state index contributed by atoms with van der Waals surface area (Å²) in [6.45, 7) is 5.36. The summed E-state index contributed by atoms with van der Waals surface area (Å²) in [5.74, 6) is 0.799. The maximum atomic E-state index is 5.33. The molecule has 0 aliphatic heterocycles. The van der Waals surface area contributed by atoms with Crippen LogP contribution in [-0.2, 0) is 11.3 Å². The Morgan fingerprint density at radius 1 is 1.50 bits per heavy atom. The van der Waals surface area contributed by atoms with Crippen molar-refractivity contribution >= 4 is 0 Å². The van der Waals surface area contributed by atoms with Gasteiger partial charge >= 0.3 is 0 Å². The van der Waals surface area contributed by atoms with Crippen molar-refractivity contribution in [1.29, 1.82) is 0 Å². The van der Waals surface area contributed by atoms with E-state index in [-0.39, 0.29) is 0 Å². The van der Waals surface area contributed by atoms with Gasteiger partial charge in [-0.25, -0.2) is 9.97 Å². The van der Waals surface area contributed by atoms with E-state index < -0.39 is 0 Å². The van der Waals surface area contributed by atoms with Gasteiger partial charge in [-0.2, -0.15) is 0 Å². The molecule has 0 saturated carbocycles. The summed E-state index contributed by atoms with van der Waals surface area (Å²) < 4.78 is 5.33. The fraction of sp³-hybridized carbons (Fsp3) is 0.556. The summed E-state index contributed by atoms with van der Waals surface area (Å²) in [4.78, 5) is 8.21. The van der Waals surface area contributed by atoms with Crippen molar-refractivity contribution < 1.29 is 4.74 Å². The second-order valence-electron chi connectivity index (χ2n) is 2.65. The van der Waals surface area contributed by atoms with E-state index in [0.29, 0.717) is 6.61 Å². The topological polar surface area (TPSA) is 35.0 Å². The fourth-order valence-electron chi connectivity index (χ4n) is 0.907. The van der Waals surface area contributed by atoms with Gasteiger partial charge in [0, 0.05) is 12.8 Å². The van der Waals surface area contributed by atoms with E-state index in [1.54, 1.807) is 6.20 Å². The molecule has 0 fully saturated rings. The van der Waals surface area contributed by atoms with Crippen molar-refractivity contribution in [3.05, 3.63) is 23.8 Å². The first-order valence-electron chi connectivity index (χ1n) is 4.19. The smallest absolute Gasteiger partial charge is 0.125 e. The first kappa shape index (κ1) is 9.13. The number of hydrogen-bond acceptors (Lipinski definition) is 3. The molecule has 0 unspecified atom stereocenters. The Morgan fingerprint density at radius 2 is 2.33 bits per heavy atom.